The van der Waals surface area contributed by atoms with E-state index in [0.29, 0.717) is 0 Å². The van der Waals surface area contributed by atoms with Crippen LogP contribution in [0.5, 0.6) is 17.2 Å². The van der Waals surface area contributed by atoms with E-state index in [9.17, 15) is 14.9 Å². The van der Waals surface area contributed by atoms with Crippen molar-refractivity contribution in [1.82, 2.24) is 5.32 Å². The molecule has 0 unspecified atom stereocenters. The normalized spacial score (nSPS) is 13.1. The average molecular weight is 415 g/mol. The standard InChI is InChI=1S/C21H25N3O6/c1-28-17-12-16(18(24(26)27)20(30-3)19(17)29-2)21(25)22-13-14-6-8-15(9-7-14)23-10-4-5-11-23/h6-9,12H,4-5,10-11,13H2,1-3H3,(H,22,25). The van der Waals surface area contributed by atoms with Crippen LogP contribution < -0.4 is 24.4 Å². The minimum absolute atomic E-state index is 0.0563. The van der Waals surface area contributed by atoms with E-state index in [0.717, 1.165) is 24.3 Å². The van der Waals surface area contributed by atoms with Crippen molar-refractivity contribution >= 4 is 17.3 Å². The first-order valence-electron chi connectivity index (χ1n) is 9.59. The van der Waals surface area contributed by atoms with Crippen molar-refractivity contribution in [3.05, 3.63) is 51.6 Å². The SMILES string of the molecule is COc1cc(C(=O)NCc2ccc(N3CCCC3)cc2)c([N+](=O)[O-])c(OC)c1OC. The van der Waals surface area contributed by atoms with Crippen LogP contribution in [0.2, 0.25) is 0 Å². The molecule has 1 amide bonds. The summed E-state index contributed by atoms with van der Waals surface area (Å²) in [5.74, 6) is -0.549. The molecule has 1 N–H and O–H groups in total. The van der Waals surface area contributed by atoms with Crippen molar-refractivity contribution in [1.29, 1.82) is 0 Å². The molecule has 160 valence electrons. The number of nitro groups is 1. The quantitative estimate of drug-likeness (QED) is 0.522. The maximum Gasteiger partial charge on any atom is 0.327 e. The Morgan fingerprint density at radius 1 is 1.07 bits per heavy atom. The van der Waals surface area contributed by atoms with Crippen LogP contribution in [0.25, 0.3) is 0 Å². The largest absolute Gasteiger partial charge is 0.493 e. The Balaban J connectivity index is 1.81. The molecule has 0 spiro atoms. The fraction of sp³-hybridized carbons (Fsp3) is 0.381. The molecule has 1 aliphatic rings. The summed E-state index contributed by atoms with van der Waals surface area (Å²) in [6.07, 6.45) is 2.40. The molecule has 2 aromatic carbocycles. The molecular weight excluding hydrogens is 390 g/mol. The zero-order valence-electron chi connectivity index (χ0n) is 17.3. The third kappa shape index (κ3) is 4.24. The molecule has 1 heterocycles. The van der Waals surface area contributed by atoms with Gasteiger partial charge in [0.1, 0.15) is 5.56 Å². The molecule has 1 saturated heterocycles. The van der Waals surface area contributed by atoms with Crippen molar-refractivity contribution in [3.8, 4) is 17.2 Å². The zero-order valence-corrected chi connectivity index (χ0v) is 17.3. The summed E-state index contributed by atoms with van der Waals surface area (Å²) in [5.41, 5.74) is 1.41. The number of benzene rings is 2. The Morgan fingerprint density at radius 3 is 2.23 bits per heavy atom. The number of methoxy groups -OCH3 is 3. The summed E-state index contributed by atoms with van der Waals surface area (Å²) >= 11 is 0. The van der Waals surface area contributed by atoms with Gasteiger partial charge in [0.15, 0.2) is 5.75 Å². The number of anilines is 1. The summed E-state index contributed by atoms with van der Waals surface area (Å²) in [6.45, 7) is 2.34. The highest BCUT2D eigenvalue weighted by Gasteiger charge is 2.32. The molecule has 0 bridgehead atoms. The third-order valence-electron chi connectivity index (χ3n) is 5.09. The topological polar surface area (TPSA) is 103 Å². The number of amides is 1. The van der Waals surface area contributed by atoms with Gasteiger partial charge in [-0.05, 0) is 30.5 Å². The molecule has 1 fully saturated rings. The number of nitro benzene ring substituents is 1. The maximum atomic E-state index is 12.8. The fourth-order valence-electron chi connectivity index (χ4n) is 3.57. The summed E-state index contributed by atoms with van der Waals surface area (Å²) in [4.78, 5) is 26.1. The highest BCUT2D eigenvalue weighted by atomic mass is 16.6. The van der Waals surface area contributed by atoms with Crippen molar-refractivity contribution in [2.24, 2.45) is 0 Å². The number of carbonyl (C=O) groups excluding carboxylic acids is 1. The highest BCUT2D eigenvalue weighted by molar-refractivity contribution is 6.00. The summed E-state index contributed by atoms with van der Waals surface area (Å²) in [7, 11) is 4.00. The lowest BCUT2D eigenvalue weighted by molar-refractivity contribution is -0.386. The van der Waals surface area contributed by atoms with Crippen LogP contribution in [0.1, 0.15) is 28.8 Å². The predicted molar refractivity (Wildman–Crippen MR) is 112 cm³/mol. The Hall–Kier alpha value is -3.49. The molecule has 3 rings (SSSR count). The molecule has 0 aliphatic carbocycles. The van der Waals surface area contributed by atoms with Gasteiger partial charge < -0.3 is 24.4 Å². The van der Waals surface area contributed by atoms with Crippen molar-refractivity contribution in [3.63, 3.8) is 0 Å². The highest BCUT2D eigenvalue weighted by Crippen LogP contribution is 2.46. The molecule has 0 aromatic heterocycles. The van der Waals surface area contributed by atoms with E-state index in [1.807, 2.05) is 24.3 Å². The van der Waals surface area contributed by atoms with Crippen molar-refractivity contribution < 1.29 is 23.9 Å². The van der Waals surface area contributed by atoms with Gasteiger partial charge in [-0.1, -0.05) is 12.1 Å². The third-order valence-corrected chi connectivity index (χ3v) is 5.09. The van der Waals surface area contributed by atoms with Crippen LogP contribution >= 0.6 is 0 Å². The average Bonchev–Trinajstić information content (AvgIpc) is 3.30. The monoisotopic (exact) mass is 415 g/mol. The van der Waals surface area contributed by atoms with Crippen LogP contribution in [-0.2, 0) is 6.54 Å². The van der Waals surface area contributed by atoms with Crippen LogP contribution in [0.15, 0.2) is 30.3 Å². The van der Waals surface area contributed by atoms with Gasteiger partial charge in [0.05, 0.1) is 26.3 Å². The molecule has 1 aliphatic heterocycles. The molecule has 0 atom stereocenters. The van der Waals surface area contributed by atoms with Crippen molar-refractivity contribution in [2.45, 2.75) is 19.4 Å². The fourth-order valence-corrected chi connectivity index (χ4v) is 3.57. The molecule has 0 saturated carbocycles. The molecule has 9 nitrogen and oxygen atoms in total. The maximum absolute atomic E-state index is 12.8. The first kappa shape index (κ1) is 21.2. The van der Waals surface area contributed by atoms with Crippen LogP contribution in [0.3, 0.4) is 0 Å². The van der Waals surface area contributed by atoms with Crippen LogP contribution in [0.4, 0.5) is 11.4 Å². The van der Waals surface area contributed by atoms with Gasteiger partial charge in [-0.2, -0.15) is 0 Å². The van der Waals surface area contributed by atoms with E-state index in [1.165, 1.54) is 40.2 Å². The second-order valence-corrected chi connectivity index (χ2v) is 6.84. The summed E-state index contributed by atoms with van der Waals surface area (Å²) in [5, 5.41) is 14.4. The Kier molecular flexibility index (Phi) is 6.61. The van der Waals surface area contributed by atoms with Crippen molar-refractivity contribution in [2.75, 3.05) is 39.3 Å². The summed E-state index contributed by atoms with van der Waals surface area (Å²) in [6, 6.07) is 9.21. The Bertz CT molecular complexity index is 923. The molecule has 0 radical (unpaired) electrons. The number of nitrogens with one attached hydrogen (secondary N) is 1. The number of rotatable bonds is 8. The van der Waals surface area contributed by atoms with Gasteiger partial charge in [0.25, 0.3) is 5.91 Å². The van der Waals surface area contributed by atoms with Gasteiger partial charge >= 0.3 is 5.69 Å². The van der Waals surface area contributed by atoms with Gasteiger partial charge in [0.2, 0.25) is 11.5 Å². The van der Waals surface area contributed by atoms with Gasteiger partial charge in [-0.25, -0.2) is 0 Å². The van der Waals surface area contributed by atoms with E-state index in [1.54, 1.807) is 0 Å². The number of ether oxygens (including phenoxy) is 3. The van der Waals surface area contributed by atoms with Gasteiger partial charge in [-0.15, -0.1) is 0 Å². The first-order chi connectivity index (χ1) is 14.5. The zero-order chi connectivity index (χ0) is 21.7. The Morgan fingerprint density at radius 2 is 1.70 bits per heavy atom. The number of nitrogens with zero attached hydrogens (tertiary/aromatic N) is 2. The summed E-state index contributed by atoms with van der Waals surface area (Å²) < 4.78 is 15.5. The number of hydrogen-bond donors (Lipinski definition) is 1. The lowest BCUT2D eigenvalue weighted by atomic mass is 10.1. The van der Waals surface area contributed by atoms with Gasteiger partial charge in [0, 0.05) is 31.4 Å². The second kappa shape index (κ2) is 9.34. The van der Waals surface area contributed by atoms with E-state index >= 15 is 0 Å². The van der Waals surface area contributed by atoms with Crippen LogP contribution in [0, 0.1) is 10.1 Å². The lowest BCUT2D eigenvalue weighted by Crippen LogP contribution is -2.24. The minimum Gasteiger partial charge on any atom is -0.493 e. The first-order valence-corrected chi connectivity index (χ1v) is 9.59. The molecule has 9 heteroatoms. The molecule has 30 heavy (non-hydrogen) atoms. The van der Waals surface area contributed by atoms with Gasteiger partial charge in [-0.3, -0.25) is 14.9 Å². The minimum atomic E-state index is -0.666. The van der Waals surface area contributed by atoms with E-state index in [2.05, 4.69) is 10.2 Å². The van der Waals surface area contributed by atoms with Crippen LogP contribution in [-0.4, -0.2) is 45.2 Å². The van der Waals surface area contributed by atoms with E-state index < -0.39 is 16.5 Å². The lowest BCUT2D eigenvalue weighted by Gasteiger charge is -2.18. The smallest absolute Gasteiger partial charge is 0.327 e. The Labute approximate surface area is 174 Å². The second-order valence-electron chi connectivity index (χ2n) is 6.84. The number of carbonyl (C=O) groups is 1. The van der Waals surface area contributed by atoms with E-state index in [4.69, 9.17) is 14.2 Å². The van der Waals surface area contributed by atoms with E-state index in [-0.39, 0.29) is 29.4 Å². The molecular formula is C21H25N3O6. The number of hydrogen-bond acceptors (Lipinski definition) is 7. The molecule has 2 aromatic rings. The predicted octanol–water partition coefficient (Wildman–Crippen LogP) is 3.15.